The molecule has 0 aliphatic carbocycles. The van der Waals surface area contributed by atoms with Crippen molar-refractivity contribution in [1.82, 2.24) is 9.97 Å². The van der Waals surface area contributed by atoms with E-state index in [-0.39, 0.29) is 0 Å². The molecular weight excluding hydrogens is 310 g/mol. The molecule has 5 nitrogen and oxygen atoms in total. The number of benzene rings is 1. The van der Waals surface area contributed by atoms with Crippen molar-refractivity contribution < 1.29 is 0 Å². The van der Waals surface area contributed by atoms with Crippen LogP contribution in [0.25, 0.3) is 0 Å². The first-order valence-corrected chi connectivity index (χ1v) is 9.46. The van der Waals surface area contributed by atoms with Gasteiger partial charge in [0.2, 0.25) is 0 Å². The van der Waals surface area contributed by atoms with Crippen LogP contribution in [0.3, 0.4) is 0 Å². The third kappa shape index (κ3) is 5.08. The minimum Gasteiger partial charge on any atom is -0.372 e. The molecule has 5 heteroatoms. The minimum absolute atomic E-state index is 0.775. The highest BCUT2D eigenvalue weighted by Gasteiger charge is 2.11. The van der Waals surface area contributed by atoms with E-state index in [1.165, 1.54) is 50.9 Å². The second-order valence-electron chi connectivity index (χ2n) is 6.69. The summed E-state index contributed by atoms with van der Waals surface area (Å²) in [7, 11) is 0. The minimum atomic E-state index is 0.775. The first kappa shape index (κ1) is 17.5. The first-order chi connectivity index (χ1) is 12.2. The molecule has 1 aromatic heterocycles. The summed E-state index contributed by atoms with van der Waals surface area (Å²) in [4.78, 5) is 11.4. The van der Waals surface area contributed by atoms with E-state index in [4.69, 9.17) is 0 Å². The van der Waals surface area contributed by atoms with Gasteiger partial charge in [0.1, 0.15) is 17.5 Å². The molecule has 0 spiro atoms. The fraction of sp³-hybridized carbons (Fsp3) is 0.500. The SMILES string of the molecule is CCCCCNc1cc(Nc2ccc(N3CCCC3)cc2)nc(C)n1. The van der Waals surface area contributed by atoms with Crippen molar-refractivity contribution in [3.8, 4) is 0 Å². The normalized spacial score (nSPS) is 13.9. The van der Waals surface area contributed by atoms with E-state index < -0.39 is 0 Å². The average molecular weight is 339 g/mol. The number of unbranched alkanes of at least 4 members (excludes halogenated alkanes) is 2. The molecule has 1 fully saturated rings. The van der Waals surface area contributed by atoms with Crippen molar-refractivity contribution in [2.45, 2.75) is 46.0 Å². The highest BCUT2D eigenvalue weighted by atomic mass is 15.1. The second kappa shape index (κ2) is 8.70. The van der Waals surface area contributed by atoms with E-state index in [9.17, 15) is 0 Å². The number of hydrogen-bond donors (Lipinski definition) is 2. The summed E-state index contributed by atoms with van der Waals surface area (Å²) in [5.41, 5.74) is 2.36. The van der Waals surface area contributed by atoms with E-state index in [1.54, 1.807) is 0 Å². The van der Waals surface area contributed by atoms with Gasteiger partial charge in [-0.2, -0.15) is 0 Å². The van der Waals surface area contributed by atoms with Crippen molar-refractivity contribution >= 4 is 23.0 Å². The molecule has 0 saturated carbocycles. The third-order valence-electron chi connectivity index (χ3n) is 4.54. The summed E-state index contributed by atoms with van der Waals surface area (Å²) in [5.74, 6) is 2.50. The fourth-order valence-corrected chi connectivity index (χ4v) is 3.19. The molecule has 2 aromatic rings. The smallest absolute Gasteiger partial charge is 0.136 e. The first-order valence-electron chi connectivity index (χ1n) is 9.46. The second-order valence-corrected chi connectivity index (χ2v) is 6.69. The van der Waals surface area contributed by atoms with Crippen LogP contribution >= 0.6 is 0 Å². The molecule has 25 heavy (non-hydrogen) atoms. The van der Waals surface area contributed by atoms with Gasteiger partial charge in [-0.05, 0) is 50.5 Å². The summed E-state index contributed by atoms with van der Waals surface area (Å²) in [5, 5.41) is 6.79. The summed E-state index contributed by atoms with van der Waals surface area (Å²) in [6, 6.07) is 10.6. The quantitative estimate of drug-likeness (QED) is 0.681. The Morgan fingerprint density at radius 1 is 1.00 bits per heavy atom. The number of rotatable bonds is 8. The van der Waals surface area contributed by atoms with E-state index in [0.29, 0.717) is 0 Å². The molecular formula is C20H29N5. The predicted octanol–water partition coefficient (Wildman–Crippen LogP) is 4.73. The molecule has 1 aliphatic heterocycles. The summed E-state index contributed by atoms with van der Waals surface area (Å²) >= 11 is 0. The molecule has 1 aromatic carbocycles. The Balaban J connectivity index is 1.62. The molecule has 0 atom stereocenters. The Labute approximate surface area is 150 Å². The van der Waals surface area contributed by atoms with Gasteiger partial charge in [0.25, 0.3) is 0 Å². The van der Waals surface area contributed by atoms with Gasteiger partial charge in [-0.1, -0.05) is 19.8 Å². The van der Waals surface area contributed by atoms with E-state index in [2.05, 4.69) is 56.7 Å². The van der Waals surface area contributed by atoms with Crippen LogP contribution in [0.2, 0.25) is 0 Å². The number of anilines is 4. The average Bonchev–Trinajstić information content (AvgIpc) is 3.14. The van der Waals surface area contributed by atoms with E-state index in [0.717, 1.165) is 29.7 Å². The Hall–Kier alpha value is -2.30. The summed E-state index contributed by atoms with van der Waals surface area (Å²) in [6.07, 6.45) is 6.24. The van der Waals surface area contributed by atoms with Crippen LogP contribution < -0.4 is 15.5 Å². The van der Waals surface area contributed by atoms with E-state index in [1.807, 2.05) is 13.0 Å². The van der Waals surface area contributed by atoms with Crippen LogP contribution in [0, 0.1) is 6.92 Å². The van der Waals surface area contributed by atoms with Crippen molar-refractivity contribution in [2.24, 2.45) is 0 Å². The molecule has 134 valence electrons. The van der Waals surface area contributed by atoms with Crippen molar-refractivity contribution in [3.63, 3.8) is 0 Å². The van der Waals surface area contributed by atoms with Crippen molar-refractivity contribution in [1.29, 1.82) is 0 Å². The maximum atomic E-state index is 4.50. The number of hydrogen-bond acceptors (Lipinski definition) is 5. The van der Waals surface area contributed by atoms with Gasteiger partial charge in [-0.3, -0.25) is 0 Å². The van der Waals surface area contributed by atoms with Crippen LogP contribution in [-0.2, 0) is 0 Å². The standard InChI is InChI=1S/C20H29N5/c1-3-4-5-12-21-19-15-20(23-16(2)22-19)24-17-8-10-18(11-9-17)25-13-6-7-14-25/h8-11,15H,3-7,12-14H2,1-2H3,(H2,21,22,23,24). The van der Waals surface area contributed by atoms with E-state index >= 15 is 0 Å². The predicted molar refractivity (Wildman–Crippen MR) is 106 cm³/mol. The number of nitrogens with zero attached hydrogens (tertiary/aromatic N) is 3. The summed E-state index contributed by atoms with van der Waals surface area (Å²) < 4.78 is 0. The molecule has 2 heterocycles. The van der Waals surface area contributed by atoms with Gasteiger partial charge in [0.15, 0.2) is 0 Å². The molecule has 0 bridgehead atoms. The zero-order chi connectivity index (χ0) is 17.5. The molecule has 1 aliphatic rings. The van der Waals surface area contributed by atoms with Crippen LogP contribution in [0.5, 0.6) is 0 Å². The fourth-order valence-electron chi connectivity index (χ4n) is 3.19. The van der Waals surface area contributed by atoms with Gasteiger partial charge in [-0.15, -0.1) is 0 Å². The number of nitrogens with one attached hydrogen (secondary N) is 2. The maximum Gasteiger partial charge on any atom is 0.136 e. The van der Waals surface area contributed by atoms with Gasteiger partial charge in [-0.25, -0.2) is 9.97 Å². The molecule has 2 N–H and O–H groups in total. The van der Waals surface area contributed by atoms with Crippen molar-refractivity contribution in [2.75, 3.05) is 35.2 Å². The van der Waals surface area contributed by atoms with Gasteiger partial charge in [0, 0.05) is 37.1 Å². The highest BCUT2D eigenvalue weighted by Crippen LogP contribution is 2.24. The highest BCUT2D eigenvalue weighted by molar-refractivity contribution is 5.62. The third-order valence-corrected chi connectivity index (χ3v) is 4.54. The molecule has 0 amide bonds. The lowest BCUT2D eigenvalue weighted by Crippen LogP contribution is -2.17. The largest absolute Gasteiger partial charge is 0.372 e. The molecule has 0 unspecified atom stereocenters. The van der Waals surface area contributed by atoms with Gasteiger partial charge >= 0.3 is 0 Å². The number of aryl methyl sites for hydroxylation is 1. The maximum absolute atomic E-state index is 4.50. The van der Waals surface area contributed by atoms with Crippen LogP contribution in [0.15, 0.2) is 30.3 Å². The Morgan fingerprint density at radius 2 is 1.72 bits per heavy atom. The van der Waals surface area contributed by atoms with Crippen LogP contribution in [-0.4, -0.2) is 29.6 Å². The Bertz CT molecular complexity index is 662. The summed E-state index contributed by atoms with van der Waals surface area (Å²) in [6.45, 7) is 7.44. The monoisotopic (exact) mass is 339 g/mol. The molecule has 0 radical (unpaired) electrons. The molecule has 3 rings (SSSR count). The lowest BCUT2D eigenvalue weighted by atomic mass is 10.2. The molecule has 1 saturated heterocycles. The van der Waals surface area contributed by atoms with Crippen molar-refractivity contribution in [3.05, 3.63) is 36.2 Å². The van der Waals surface area contributed by atoms with Gasteiger partial charge < -0.3 is 15.5 Å². The zero-order valence-corrected chi connectivity index (χ0v) is 15.4. The lowest BCUT2D eigenvalue weighted by Gasteiger charge is -2.18. The van der Waals surface area contributed by atoms with Gasteiger partial charge in [0.05, 0.1) is 0 Å². The number of aromatic nitrogens is 2. The Kier molecular flexibility index (Phi) is 6.09. The van der Waals surface area contributed by atoms with Crippen LogP contribution in [0.4, 0.5) is 23.0 Å². The van der Waals surface area contributed by atoms with Crippen LogP contribution in [0.1, 0.15) is 44.9 Å². The zero-order valence-electron chi connectivity index (χ0n) is 15.4. The lowest BCUT2D eigenvalue weighted by molar-refractivity contribution is 0.742. The Morgan fingerprint density at radius 3 is 2.44 bits per heavy atom. The topological polar surface area (TPSA) is 53.1 Å².